The number of nitrogens with zero attached hydrogens (tertiary/aromatic N) is 3. The van der Waals surface area contributed by atoms with Gasteiger partial charge in [-0.25, -0.2) is 4.79 Å². The van der Waals surface area contributed by atoms with Crippen LogP contribution in [0.4, 0.5) is 5.69 Å². The van der Waals surface area contributed by atoms with E-state index in [0.717, 1.165) is 4.57 Å². The number of rotatable bonds is 5. The molecule has 1 aliphatic rings. The van der Waals surface area contributed by atoms with Crippen molar-refractivity contribution in [2.75, 3.05) is 31.6 Å². The van der Waals surface area contributed by atoms with Crippen LogP contribution in [0.15, 0.2) is 58.1 Å². The maximum absolute atomic E-state index is 12.9. The third kappa shape index (κ3) is 4.06. The van der Waals surface area contributed by atoms with Gasteiger partial charge in [0.05, 0.1) is 35.4 Å². The van der Waals surface area contributed by atoms with Crippen LogP contribution in [-0.4, -0.2) is 52.2 Å². The Bertz CT molecular complexity index is 1290. The zero-order valence-electron chi connectivity index (χ0n) is 17.7. The number of ether oxygens (including phenoxy) is 1. The lowest BCUT2D eigenvalue weighted by molar-refractivity contribution is -0.116. The molecular formula is C23H24N4O5. The van der Waals surface area contributed by atoms with Crippen LogP contribution < -0.4 is 16.6 Å². The number of para-hydroxylation sites is 2. The maximum Gasteiger partial charge on any atom is 0.331 e. The number of morpholine rings is 1. The summed E-state index contributed by atoms with van der Waals surface area (Å²) in [7, 11) is 0. The molecule has 166 valence electrons. The second-order valence-electron chi connectivity index (χ2n) is 7.43. The minimum absolute atomic E-state index is 0.189. The second kappa shape index (κ2) is 9.19. The highest BCUT2D eigenvalue weighted by atomic mass is 16.5. The number of anilines is 1. The fourth-order valence-corrected chi connectivity index (χ4v) is 3.85. The molecule has 0 bridgehead atoms. The molecule has 0 radical (unpaired) electrons. The number of carbonyl (C=O) groups is 2. The van der Waals surface area contributed by atoms with Crippen LogP contribution in [0.3, 0.4) is 0 Å². The van der Waals surface area contributed by atoms with Crippen LogP contribution in [0.2, 0.25) is 0 Å². The molecule has 0 atom stereocenters. The third-order valence-electron chi connectivity index (χ3n) is 5.48. The lowest BCUT2D eigenvalue weighted by Gasteiger charge is -2.27. The van der Waals surface area contributed by atoms with Crippen molar-refractivity contribution in [2.45, 2.75) is 20.0 Å². The maximum atomic E-state index is 12.9. The fraction of sp³-hybridized carbons (Fsp3) is 0.304. The summed E-state index contributed by atoms with van der Waals surface area (Å²) in [6, 6.07) is 13.5. The summed E-state index contributed by atoms with van der Waals surface area (Å²) >= 11 is 0. The van der Waals surface area contributed by atoms with Gasteiger partial charge in [0.1, 0.15) is 6.54 Å². The molecule has 4 rings (SSSR count). The first kappa shape index (κ1) is 21.5. The summed E-state index contributed by atoms with van der Waals surface area (Å²) in [5.41, 5.74) is 0.198. The van der Waals surface area contributed by atoms with E-state index in [-0.39, 0.29) is 24.6 Å². The molecule has 0 aliphatic carbocycles. The molecule has 0 unspecified atom stereocenters. The number of nitrogens with one attached hydrogen (secondary N) is 1. The normalized spacial score (nSPS) is 13.8. The van der Waals surface area contributed by atoms with Gasteiger partial charge in [-0.15, -0.1) is 0 Å². The molecule has 9 nitrogen and oxygen atoms in total. The van der Waals surface area contributed by atoms with Crippen molar-refractivity contribution in [3.8, 4) is 0 Å². The van der Waals surface area contributed by atoms with E-state index < -0.39 is 11.6 Å². The van der Waals surface area contributed by atoms with Crippen LogP contribution in [0.1, 0.15) is 17.3 Å². The van der Waals surface area contributed by atoms with Crippen molar-refractivity contribution in [2.24, 2.45) is 0 Å². The topological polar surface area (TPSA) is 103 Å². The molecule has 0 saturated carbocycles. The molecule has 1 aliphatic heterocycles. The number of aromatic nitrogens is 2. The molecule has 2 amide bonds. The van der Waals surface area contributed by atoms with Crippen molar-refractivity contribution in [3.63, 3.8) is 0 Å². The zero-order valence-corrected chi connectivity index (χ0v) is 17.7. The van der Waals surface area contributed by atoms with Crippen molar-refractivity contribution < 1.29 is 14.3 Å². The van der Waals surface area contributed by atoms with Crippen LogP contribution in [0, 0.1) is 0 Å². The largest absolute Gasteiger partial charge is 0.378 e. The van der Waals surface area contributed by atoms with Crippen molar-refractivity contribution >= 4 is 28.4 Å². The molecule has 1 fully saturated rings. The lowest BCUT2D eigenvalue weighted by Crippen LogP contribution is -2.42. The van der Waals surface area contributed by atoms with Crippen LogP contribution in [0.5, 0.6) is 0 Å². The van der Waals surface area contributed by atoms with Gasteiger partial charge in [-0.2, -0.15) is 0 Å². The Hall–Kier alpha value is -3.72. The summed E-state index contributed by atoms with van der Waals surface area (Å²) in [5.74, 6) is -0.660. The van der Waals surface area contributed by atoms with Gasteiger partial charge in [-0.1, -0.05) is 24.3 Å². The molecule has 2 heterocycles. The first-order valence-electron chi connectivity index (χ1n) is 10.5. The van der Waals surface area contributed by atoms with Gasteiger partial charge >= 0.3 is 5.69 Å². The Kier molecular flexibility index (Phi) is 6.18. The fourth-order valence-electron chi connectivity index (χ4n) is 3.85. The molecular weight excluding hydrogens is 412 g/mol. The molecule has 1 aromatic heterocycles. The number of hydrogen-bond donors (Lipinski definition) is 1. The number of amides is 2. The highest BCUT2D eigenvalue weighted by molar-refractivity contribution is 6.03. The quantitative estimate of drug-likeness (QED) is 0.649. The second-order valence-corrected chi connectivity index (χ2v) is 7.43. The van der Waals surface area contributed by atoms with Gasteiger partial charge < -0.3 is 15.0 Å². The van der Waals surface area contributed by atoms with Gasteiger partial charge in [-0.3, -0.25) is 23.5 Å². The minimum atomic E-state index is -0.552. The zero-order chi connectivity index (χ0) is 22.7. The van der Waals surface area contributed by atoms with E-state index >= 15 is 0 Å². The molecule has 0 spiro atoms. The van der Waals surface area contributed by atoms with Gasteiger partial charge in [0, 0.05) is 19.6 Å². The van der Waals surface area contributed by atoms with Gasteiger partial charge in [-0.05, 0) is 31.2 Å². The van der Waals surface area contributed by atoms with E-state index in [1.807, 2.05) is 0 Å². The van der Waals surface area contributed by atoms with Crippen molar-refractivity contribution in [1.29, 1.82) is 0 Å². The minimum Gasteiger partial charge on any atom is -0.378 e. The number of hydrogen-bond acceptors (Lipinski definition) is 5. The Morgan fingerprint density at radius 1 is 0.969 bits per heavy atom. The van der Waals surface area contributed by atoms with E-state index in [2.05, 4.69) is 5.32 Å². The highest BCUT2D eigenvalue weighted by Gasteiger charge is 2.22. The van der Waals surface area contributed by atoms with E-state index in [1.54, 1.807) is 60.4 Å². The third-order valence-corrected chi connectivity index (χ3v) is 5.48. The lowest BCUT2D eigenvalue weighted by atomic mass is 10.1. The van der Waals surface area contributed by atoms with Crippen molar-refractivity contribution in [1.82, 2.24) is 14.0 Å². The molecule has 2 aromatic carbocycles. The van der Waals surface area contributed by atoms with E-state index in [0.29, 0.717) is 48.5 Å². The Balaban J connectivity index is 1.63. The molecule has 3 aromatic rings. The molecule has 1 N–H and O–H groups in total. The summed E-state index contributed by atoms with van der Waals surface area (Å²) in [6.07, 6.45) is 0. The monoisotopic (exact) mass is 436 g/mol. The van der Waals surface area contributed by atoms with Gasteiger partial charge in [0.15, 0.2) is 0 Å². The standard InChI is InChI=1S/C23H24N4O5/c1-2-26-22(30)17-8-4-6-10-19(17)27(23(26)31)15-20(28)24-18-9-5-3-7-16(18)21(29)25-11-13-32-14-12-25/h3-10H,2,11-15H2,1H3,(H,24,28). The van der Waals surface area contributed by atoms with Crippen LogP contribution in [0.25, 0.3) is 10.9 Å². The van der Waals surface area contributed by atoms with E-state index in [4.69, 9.17) is 4.74 Å². The summed E-state index contributed by atoms with van der Waals surface area (Å²) < 4.78 is 7.68. The predicted molar refractivity (Wildman–Crippen MR) is 120 cm³/mol. The Labute approximate surface area is 183 Å². The predicted octanol–water partition coefficient (Wildman–Crippen LogP) is 1.29. The van der Waals surface area contributed by atoms with Gasteiger partial charge in [0.25, 0.3) is 11.5 Å². The number of fused-ring (bicyclic) bond motifs is 1. The summed E-state index contributed by atoms with van der Waals surface area (Å²) in [6.45, 7) is 3.53. The first-order chi connectivity index (χ1) is 15.5. The van der Waals surface area contributed by atoms with Gasteiger partial charge in [0.2, 0.25) is 5.91 Å². The SMILES string of the molecule is CCn1c(=O)c2ccccc2n(CC(=O)Nc2ccccc2C(=O)N2CCOCC2)c1=O. The summed E-state index contributed by atoms with van der Waals surface area (Å²) in [4.78, 5) is 53.0. The Morgan fingerprint density at radius 3 is 2.41 bits per heavy atom. The van der Waals surface area contributed by atoms with E-state index in [1.165, 1.54) is 4.57 Å². The van der Waals surface area contributed by atoms with Crippen LogP contribution in [-0.2, 0) is 22.6 Å². The van der Waals surface area contributed by atoms with E-state index in [9.17, 15) is 19.2 Å². The average Bonchev–Trinajstić information content (AvgIpc) is 2.82. The smallest absolute Gasteiger partial charge is 0.331 e. The first-order valence-corrected chi connectivity index (χ1v) is 10.5. The van der Waals surface area contributed by atoms with Crippen molar-refractivity contribution in [3.05, 3.63) is 74.9 Å². The molecule has 9 heteroatoms. The highest BCUT2D eigenvalue weighted by Crippen LogP contribution is 2.18. The average molecular weight is 436 g/mol. The number of carbonyl (C=O) groups excluding carboxylic acids is 2. The Morgan fingerprint density at radius 2 is 1.66 bits per heavy atom. The number of benzene rings is 2. The summed E-state index contributed by atoms with van der Waals surface area (Å²) in [5, 5.41) is 3.12. The molecule has 1 saturated heterocycles. The molecule has 32 heavy (non-hydrogen) atoms. The van der Waals surface area contributed by atoms with Crippen LogP contribution >= 0.6 is 0 Å².